The summed E-state index contributed by atoms with van der Waals surface area (Å²) in [5, 5.41) is 6.67. The van der Waals surface area contributed by atoms with Crippen LogP contribution in [0.2, 0.25) is 0 Å². The van der Waals surface area contributed by atoms with E-state index in [9.17, 15) is 23.2 Å². The van der Waals surface area contributed by atoms with Crippen molar-refractivity contribution in [2.45, 2.75) is 38.8 Å². The van der Waals surface area contributed by atoms with E-state index in [0.717, 1.165) is 11.0 Å². The van der Waals surface area contributed by atoms with Gasteiger partial charge >= 0.3 is 6.03 Å². The number of anilines is 2. The molecule has 3 heterocycles. The first-order chi connectivity index (χ1) is 18.0. The molecule has 0 bridgehead atoms. The highest BCUT2D eigenvalue weighted by atomic mass is 19.2. The summed E-state index contributed by atoms with van der Waals surface area (Å²) in [6.07, 6.45) is 1.90. The zero-order chi connectivity index (χ0) is 27.7. The third kappa shape index (κ3) is 4.93. The summed E-state index contributed by atoms with van der Waals surface area (Å²) in [4.78, 5) is 46.6. The van der Waals surface area contributed by atoms with Crippen molar-refractivity contribution in [2.75, 3.05) is 17.7 Å². The number of halogens is 2. The second-order valence-electron chi connectivity index (χ2n) is 9.27. The molecule has 10 nitrogen and oxygen atoms in total. The molecule has 3 atom stereocenters. The minimum atomic E-state index is -1.15. The summed E-state index contributed by atoms with van der Waals surface area (Å²) in [6, 6.07) is 5.76. The number of benzene rings is 1. The number of aromatic nitrogens is 3. The number of nitrogens with two attached hydrogens (primary N) is 1. The van der Waals surface area contributed by atoms with Crippen LogP contribution in [0, 0.1) is 24.5 Å². The van der Waals surface area contributed by atoms with E-state index in [1.807, 2.05) is 0 Å². The molecule has 1 fully saturated rings. The van der Waals surface area contributed by atoms with Crippen LogP contribution in [0.4, 0.5) is 25.2 Å². The lowest BCUT2D eigenvalue weighted by Crippen LogP contribution is -2.70. The number of carbonyl (C=O) groups excluding carboxylic acids is 3. The maximum absolute atomic E-state index is 14.4. The van der Waals surface area contributed by atoms with Crippen molar-refractivity contribution < 1.29 is 23.2 Å². The number of β-lactam (4-membered cyclic amide) rings is 1. The number of rotatable bonds is 7. The Morgan fingerprint density at radius 3 is 2.61 bits per heavy atom. The molecule has 3 aromatic rings. The normalized spacial score (nSPS) is 17.6. The smallest absolute Gasteiger partial charge is 0.325 e. The van der Waals surface area contributed by atoms with Crippen molar-refractivity contribution in [3.05, 3.63) is 71.1 Å². The largest absolute Gasteiger partial charge is 0.384 e. The van der Waals surface area contributed by atoms with Crippen LogP contribution in [0.3, 0.4) is 0 Å². The molecule has 4 amide bonds. The second-order valence-corrected chi connectivity index (χ2v) is 9.27. The Morgan fingerprint density at radius 1 is 1.24 bits per heavy atom. The maximum Gasteiger partial charge on any atom is 0.325 e. The van der Waals surface area contributed by atoms with Gasteiger partial charge < -0.3 is 11.1 Å². The van der Waals surface area contributed by atoms with Crippen molar-refractivity contribution in [1.82, 2.24) is 25.0 Å². The lowest BCUT2D eigenvalue weighted by atomic mass is 9.81. The topological polar surface area (TPSA) is 126 Å². The number of likely N-dealkylation sites (tertiary alicyclic amines) is 1. The van der Waals surface area contributed by atoms with E-state index in [-0.39, 0.29) is 24.2 Å². The number of aryl methyl sites for hydroxylation is 2. The molecular formula is C26H29F2N7O3. The Hall–Kier alpha value is -4.35. The number of imide groups is 1. The fourth-order valence-electron chi connectivity index (χ4n) is 4.81. The minimum absolute atomic E-state index is 0.0528. The van der Waals surface area contributed by atoms with Crippen LogP contribution in [0.5, 0.6) is 0 Å². The van der Waals surface area contributed by atoms with E-state index in [0.29, 0.717) is 17.1 Å². The predicted octanol–water partition coefficient (Wildman–Crippen LogP) is 2.88. The first-order valence-corrected chi connectivity index (χ1v) is 12.1. The Balaban J connectivity index is 1.63. The van der Waals surface area contributed by atoms with Crippen molar-refractivity contribution in [3.63, 3.8) is 0 Å². The van der Waals surface area contributed by atoms with Gasteiger partial charge in [0.05, 0.1) is 18.2 Å². The van der Waals surface area contributed by atoms with E-state index in [4.69, 9.17) is 5.73 Å². The molecule has 0 radical (unpaired) electrons. The predicted molar refractivity (Wildman–Crippen MR) is 136 cm³/mol. The summed E-state index contributed by atoms with van der Waals surface area (Å²) in [5.41, 5.74) is 7.16. The SMILES string of the molecule is CCC(NC(=O)N1C(=O)[C@H](Cc2cc(C)nc(N)c2)[C@H]1C(=O)N(C)c1ccnn1C)c1cccc(F)c1F. The lowest BCUT2D eigenvalue weighted by Gasteiger charge is -2.46. The molecule has 0 spiro atoms. The van der Waals surface area contributed by atoms with Crippen molar-refractivity contribution in [3.8, 4) is 0 Å². The number of pyridine rings is 1. The molecule has 200 valence electrons. The van der Waals surface area contributed by atoms with Crippen LogP contribution in [0.1, 0.15) is 36.2 Å². The lowest BCUT2D eigenvalue weighted by molar-refractivity contribution is -0.156. The van der Waals surface area contributed by atoms with Gasteiger partial charge in [0.25, 0.3) is 5.91 Å². The monoisotopic (exact) mass is 525 g/mol. The van der Waals surface area contributed by atoms with E-state index < -0.39 is 47.5 Å². The molecule has 1 saturated heterocycles. The molecule has 0 aliphatic carbocycles. The number of nitrogens with one attached hydrogen (secondary N) is 1. The number of urea groups is 1. The first-order valence-electron chi connectivity index (χ1n) is 12.1. The zero-order valence-corrected chi connectivity index (χ0v) is 21.5. The van der Waals surface area contributed by atoms with Gasteiger partial charge in [0.15, 0.2) is 11.6 Å². The number of carbonyl (C=O) groups is 3. The van der Waals surface area contributed by atoms with Crippen LogP contribution >= 0.6 is 0 Å². The van der Waals surface area contributed by atoms with Crippen molar-refractivity contribution in [2.24, 2.45) is 13.0 Å². The van der Waals surface area contributed by atoms with Crippen LogP contribution in [0.25, 0.3) is 0 Å². The molecule has 1 unspecified atom stereocenters. The highest BCUT2D eigenvalue weighted by molar-refractivity contribution is 6.12. The third-order valence-electron chi connectivity index (χ3n) is 6.71. The quantitative estimate of drug-likeness (QED) is 0.457. The highest BCUT2D eigenvalue weighted by Gasteiger charge is 2.55. The van der Waals surface area contributed by atoms with Gasteiger partial charge in [-0.05, 0) is 43.5 Å². The fraction of sp³-hybridized carbons (Fsp3) is 0.346. The van der Waals surface area contributed by atoms with Gasteiger partial charge in [-0.3, -0.25) is 24.1 Å². The number of nitrogen functional groups attached to an aromatic ring is 1. The molecular weight excluding hydrogens is 496 g/mol. The second kappa shape index (κ2) is 10.6. The summed E-state index contributed by atoms with van der Waals surface area (Å²) >= 11 is 0. The van der Waals surface area contributed by atoms with Gasteiger partial charge in [-0.25, -0.2) is 18.6 Å². The fourth-order valence-corrected chi connectivity index (χ4v) is 4.81. The number of amides is 4. The van der Waals surface area contributed by atoms with Gasteiger partial charge in [-0.1, -0.05) is 19.1 Å². The third-order valence-corrected chi connectivity index (χ3v) is 6.71. The number of hydrogen-bond donors (Lipinski definition) is 2. The van der Waals surface area contributed by atoms with Crippen molar-refractivity contribution >= 4 is 29.5 Å². The Bertz CT molecular complexity index is 1370. The van der Waals surface area contributed by atoms with E-state index in [1.54, 1.807) is 39.1 Å². The van der Waals surface area contributed by atoms with Crippen LogP contribution in [-0.4, -0.2) is 50.6 Å². The standard InChI is InChI=1S/C26H29F2N7O3/c1-5-19(16-7-6-8-18(27)22(16)28)32-26(38)35-23(25(37)33(3)21-9-10-30-34(21)4)17(24(35)36)12-15-11-14(2)31-20(29)13-15/h6-11,13,17,19,23H,5,12H2,1-4H3,(H2,29,31)(H,32,38)/t17-,19?,23+/m1/s1. The first kappa shape index (κ1) is 26.7. The van der Waals surface area contributed by atoms with Crippen LogP contribution in [0.15, 0.2) is 42.6 Å². The van der Waals surface area contributed by atoms with Crippen LogP contribution < -0.4 is 16.0 Å². The van der Waals surface area contributed by atoms with Crippen LogP contribution in [-0.2, 0) is 23.1 Å². The Labute approximate surface area is 218 Å². The molecule has 3 N–H and O–H groups in total. The van der Waals surface area contributed by atoms with Crippen molar-refractivity contribution in [1.29, 1.82) is 0 Å². The number of nitrogens with zero attached hydrogens (tertiary/aromatic N) is 5. The highest BCUT2D eigenvalue weighted by Crippen LogP contribution is 2.34. The average Bonchev–Trinajstić information content (AvgIpc) is 3.30. The Kier molecular flexibility index (Phi) is 7.42. The molecule has 12 heteroatoms. The van der Waals surface area contributed by atoms with Gasteiger partial charge in [0, 0.05) is 31.4 Å². The van der Waals surface area contributed by atoms with Gasteiger partial charge in [-0.15, -0.1) is 0 Å². The average molecular weight is 526 g/mol. The molecule has 2 aromatic heterocycles. The summed E-state index contributed by atoms with van der Waals surface area (Å²) < 4.78 is 29.8. The molecule has 4 rings (SSSR count). The molecule has 1 aliphatic heterocycles. The van der Waals surface area contributed by atoms with Gasteiger partial charge in [-0.2, -0.15) is 5.10 Å². The number of hydrogen-bond acceptors (Lipinski definition) is 6. The zero-order valence-electron chi connectivity index (χ0n) is 21.5. The summed E-state index contributed by atoms with van der Waals surface area (Å²) in [7, 11) is 3.19. The molecule has 1 aliphatic rings. The maximum atomic E-state index is 14.4. The van der Waals surface area contributed by atoms with Gasteiger partial charge in [0.2, 0.25) is 5.91 Å². The van der Waals surface area contributed by atoms with Gasteiger partial charge in [0.1, 0.15) is 17.7 Å². The molecule has 1 aromatic carbocycles. The Morgan fingerprint density at radius 2 is 1.97 bits per heavy atom. The molecule has 0 saturated carbocycles. The molecule has 38 heavy (non-hydrogen) atoms. The summed E-state index contributed by atoms with van der Waals surface area (Å²) in [6.45, 7) is 3.45. The minimum Gasteiger partial charge on any atom is -0.384 e. The summed E-state index contributed by atoms with van der Waals surface area (Å²) in [5.74, 6) is -3.31. The van der Waals surface area contributed by atoms with E-state index >= 15 is 0 Å². The van der Waals surface area contributed by atoms with E-state index in [2.05, 4.69) is 15.4 Å². The van der Waals surface area contributed by atoms with E-state index in [1.165, 1.54) is 35.0 Å². The number of likely N-dealkylation sites (N-methyl/N-ethyl adjacent to an activating group) is 1.